The van der Waals surface area contributed by atoms with Gasteiger partial charge in [-0.1, -0.05) is 24.0 Å². The fraction of sp³-hybridized carbons (Fsp3) is 0. The summed E-state index contributed by atoms with van der Waals surface area (Å²) in [6, 6.07) is 11.5. The second kappa shape index (κ2) is 6.63. The lowest BCUT2D eigenvalue weighted by atomic mass is 9.96. The highest BCUT2D eigenvalue weighted by Crippen LogP contribution is 2.26. The van der Waals surface area contributed by atoms with Gasteiger partial charge in [0.15, 0.2) is 0 Å². The maximum atomic E-state index is 11.5. The zero-order valence-electron chi connectivity index (χ0n) is 12.5. The van der Waals surface area contributed by atoms with Crippen molar-refractivity contribution in [1.29, 1.82) is 0 Å². The van der Waals surface area contributed by atoms with Gasteiger partial charge in [-0.05, 0) is 30.3 Å². The summed E-state index contributed by atoms with van der Waals surface area (Å²) in [6.45, 7) is 0. The van der Waals surface area contributed by atoms with Crippen LogP contribution in [0, 0.1) is 11.8 Å². The zero-order valence-corrected chi connectivity index (χ0v) is 12.5. The van der Waals surface area contributed by atoms with E-state index in [1.807, 2.05) is 0 Å². The summed E-state index contributed by atoms with van der Waals surface area (Å²) >= 11 is 0. The molecule has 0 aliphatic heterocycles. The van der Waals surface area contributed by atoms with Gasteiger partial charge >= 0.3 is 5.97 Å². The van der Waals surface area contributed by atoms with E-state index in [0.29, 0.717) is 22.3 Å². The van der Waals surface area contributed by atoms with Gasteiger partial charge in [-0.25, -0.2) is 14.8 Å². The molecule has 0 saturated heterocycles. The standard InChI is InChI=1S/C19H12N2O3/c22-16-5-1-3-13(9-16)7-8-14-4-2-6-17(19(23)24)18(14)15-10-20-12-21-11-15/h1-6,9-12,22H,(H,23,24). The minimum Gasteiger partial charge on any atom is -0.508 e. The van der Waals surface area contributed by atoms with Crippen molar-refractivity contribution in [3.05, 3.63) is 77.9 Å². The van der Waals surface area contributed by atoms with E-state index in [9.17, 15) is 15.0 Å². The van der Waals surface area contributed by atoms with E-state index in [-0.39, 0.29) is 11.3 Å². The van der Waals surface area contributed by atoms with E-state index in [2.05, 4.69) is 21.8 Å². The Kier molecular flexibility index (Phi) is 4.21. The highest BCUT2D eigenvalue weighted by Gasteiger charge is 2.15. The molecule has 3 rings (SSSR count). The van der Waals surface area contributed by atoms with Crippen molar-refractivity contribution < 1.29 is 15.0 Å². The van der Waals surface area contributed by atoms with Gasteiger partial charge in [0.05, 0.1) is 5.56 Å². The van der Waals surface area contributed by atoms with Crippen LogP contribution in [-0.4, -0.2) is 26.2 Å². The number of aromatic hydroxyl groups is 1. The van der Waals surface area contributed by atoms with Crippen LogP contribution in [0.5, 0.6) is 5.75 Å². The second-order valence-electron chi connectivity index (χ2n) is 4.96. The summed E-state index contributed by atoms with van der Waals surface area (Å²) in [5.74, 6) is 4.98. The van der Waals surface area contributed by atoms with Crippen LogP contribution >= 0.6 is 0 Å². The van der Waals surface area contributed by atoms with Crippen LogP contribution in [0.3, 0.4) is 0 Å². The first-order valence-corrected chi connectivity index (χ1v) is 7.08. The van der Waals surface area contributed by atoms with Crippen LogP contribution in [0.25, 0.3) is 11.1 Å². The topological polar surface area (TPSA) is 83.3 Å². The van der Waals surface area contributed by atoms with E-state index in [1.165, 1.54) is 12.4 Å². The monoisotopic (exact) mass is 316 g/mol. The summed E-state index contributed by atoms with van der Waals surface area (Å²) in [4.78, 5) is 19.4. The number of nitrogens with zero attached hydrogens (tertiary/aromatic N) is 2. The normalized spacial score (nSPS) is 9.83. The van der Waals surface area contributed by atoms with Crippen LogP contribution in [0.1, 0.15) is 21.5 Å². The number of carbonyl (C=O) groups is 1. The summed E-state index contributed by atoms with van der Waals surface area (Å²) in [6.07, 6.45) is 4.48. The molecular formula is C19H12N2O3. The molecule has 0 amide bonds. The molecule has 1 heterocycles. The first-order valence-electron chi connectivity index (χ1n) is 7.08. The Hall–Kier alpha value is -3.65. The number of hydrogen-bond acceptors (Lipinski definition) is 4. The van der Waals surface area contributed by atoms with Gasteiger partial charge in [-0.3, -0.25) is 0 Å². The Morgan fingerprint density at radius 3 is 2.46 bits per heavy atom. The minimum atomic E-state index is -1.05. The molecule has 2 N–H and O–H groups in total. The number of carboxylic acid groups (broad SMARTS) is 1. The molecule has 0 spiro atoms. The lowest BCUT2D eigenvalue weighted by Gasteiger charge is -2.08. The van der Waals surface area contributed by atoms with Crippen molar-refractivity contribution in [2.45, 2.75) is 0 Å². The molecule has 5 nitrogen and oxygen atoms in total. The Morgan fingerprint density at radius 2 is 1.75 bits per heavy atom. The van der Waals surface area contributed by atoms with Gasteiger partial charge in [0.2, 0.25) is 0 Å². The molecule has 0 unspecified atom stereocenters. The number of carboxylic acids is 1. The predicted molar refractivity (Wildman–Crippen MR) is 88.5 cm³/mol. The number of phenols is 1. The quantitative estimate of drug-likeness (QED) is 0.710. The molecule has 3 aromatic rings. The molecule has 5 heteroatoms. The highest BCUT2D eigenvalue weighted by atomic mass is 16.4. The molecule has 0 fully saturated rings. The van der Waals surface area contributed by atoms with Crippen molar-refractivity contribution in [1.82, 2.24) is 9.97 Å². The average Bonchev–Trinajstić information content (AvgIpc) is 2.60. The number of hydrogen-bond donors (Lipinski definition) is 2. The van der Waals surface area contributed by atoms with E-state index >= 15 is 0 Å². The molecule has 0 saturated carbocycles. The van der Waals surface area contributed by atoms with Crippen molar-refractivity contribution in [2.24, 2.45) is 0 Å². The molecule has 0 aliphatic carbocycles. The van der Waals surface area contributed by atoms with E-state index in [1.54, 1.807) is 48.8 Å². The van der Waals surface area contributed by atoms with Gasteiger partial charge < -0.3 is 10.2 Å². The van der Waals surface area contributed by atoms with Crippen molar-refractivity contribution in [2.75, 3.05) is 0 Å². The number of phenolic OH excluding ortho intramolecular Hbond substituents is 1. The third kappa shape index (κ3) is 3.23. The Balaban J connectivity index is 2.16. The molecule has 0 bridgehead atoms. The first kappa shape index (κ1) is 15.3. The molecule has 0 atom stereocenters. The molecule has 1 aromatic heterocycles. The number of benzene rings is 2. The smallest absolute Gasteiger partial charge is 0.336 e. The van der Waals surface area contributed by atoms with Crippen molar-refractivity contribution >= 4 is 5.97 Å². The summed E-state index contributed by atoms with van der Waals surface area (Å²) < 4.78 is 0. The third-order valence-corrected chi connectivity index (χ3v) is 3.33. The molecule has 0 aliphatic rings. The summed E-state index contributed by atoms with van der Waals surface area (Å²) in [5.41, 5.74) is 2.36. The lowest BCUT2D eigenvalue weighted by Crippen LogP contribution is -2.02. The summed E-state index contributed by atoms with van der Waals surface area (Å²) in [7, 11) is 0. The second-order valence-corrected chi connectivity index (χ2v) is 4.96. The molecule has 116 valence electrons. The van der Waals surface area contributed by atoms with Crippen LogP contribution < -0.4 is 0 Å². The number of aromatic nitrogens is 2. The van der Waals surface area contributed by atoms with Crippen LogP contribution in [0.2, 0.25) is 0 Å². The average molecular weight is 316 g/mol. The maximum Gasteiger partial charge on any atom is 0.336 e. The number of rotatable bonds is 2. The Bertz CT molecular complexity index is 957. The first-order chi connectivity index (χ1) is 11.6. The number of aromatic carboxylic acids is 1. The lowest BCUT2D eigenvalue weighted by molar-refractivity contribution is 0.0697. The van der Waals surface area contributed by atoms with E-state index in [4.69, 9.17) is 0 Å². The molecule has 24 heavy (non-hydrogen) atoms. The molecule has 2 aromatic carbocycles. The summed E-state index contributed by atoms with van der Waals surface area (Å²) in [5, 5.41) is 18.9. The van der Waals surface area contributed by atoms with Crippen LogP contribution in [-0.2, 0) is 0 Å². The maximum absolute atomic E-state index is 11.5. The van der Waals surface area contributed by atoms with Gasteiger partial charge in [0.1, 0.15) is 12.1 Å². The van der Waals surface area contributed by atoms with Crippen LogP contribution in [0.4, 0.5) is 0 Å². The molecule has 0 radical (unpaired) electrons. The highest BCUT2D eigenvalue weighted by molar-refractivity contribution is 5.97. The fourth-order valence-electron chi connectivity index (χ4n) is 2.30. The van der Waals surface area contributed by atoms with Gasteiger partial charge in [-0.15, -0.1) is 0 Å². The minimum absolute atomic E-state index is 0.123. The largest absolute Gasteiger partial charge is 0.508 e. The van der Waals surface area contributed by atoms with E-state index in [0.717, 1.165) is 0 Å². The third-order valence-electron chi connectivity index (χ3n) is 3.33. The zero-order chi connectivity index (χ0) is 16.9. The van der Waals surface area contributed by atoms with Crippen molar-refractivity contribution in [3.8, 4) is 28.7 Å². The van der Waals surface area contributed by atoms with E-state index < -0.39 is 5.97 Å². The van der Waals surface area contributed by atoms with Gasteiger partial charge in [0, 0.05) is 34.6 Å². The predicted octanol–water partition coefficient (Wildman–Crippen LogP) is 2.95. The molecular weight excluding hydrogens is 304 g/mol. The van der Waals surface area contributed by atoms with Gasteiger partial charge in [-0.2, -0.15) is 0 Å². The van der Waals surface area contributed by atoms with Gasteiger partial charge in [0.25, 0.3) is 0 Å². The van der Waals surface area contributed by atoms with Crippen molar-refractivity contribution in [3.63, 3.8) is 0 Å². The Morgan fingerprint density at radius 1 is 1.00 bits per heavy atom. The fourth-order valence-corrected chi connectivity index (χ4v) is 2.30. The van der Waals surface area contributed by atoms with Crippen LogP contribution in [0.15, 0.2) is 61.2 Å². The Labute approximate surface area is 138 Å². The SMILES string of the molecule is O=C(O)c1cccc(C#Cc2cccc(O)c2)c1-c1cncnc1.